The Bertz CT molecular complexity index is 658. The number of para-hydroxylation sites is 1. The van der Waals surface area contributed by atoms with Gasteiger partial charge in [-0.15, -0.1) is 0 Å². The number of nitro benzene ring substituents is 1. The highest BCUT2D eigenvalue weighted by atomic mass is 79.9. The molecule has 0 aliphatic rings. The summed E-state index contributed by atoms with van der Waals surface area (Å²) in [5, 5.41) is 20.7. The Morgan fingerprint density at radius 3 is 2.71 bits per heavy atom. The summed E-state index contributed by atoms with van der Waals surface area (Å²) in [5.74, 6) is 0.506. The number of ether oxygens (including phenoxy) is 1. The minimum absolute atomic E-state index is 0.0215. The number of benzene rings is 2. The molecule has 2 aromatic carbocycles. The fourth-order valence-electron chi connectivity index (χ4n) is 1.94. The van der Waals surface area contributed by atoms with Gasteiger partial charge in [-0.2, -0.15) is 0 Å². The molecule has 0 fully saturated rings. The zero-order valence-corrected chi connectivity index (χ0v) is 12.9. The van der Waals surface area contributed by atoms with Gasteiger partial charge in [-0.05, 0) is 31.2 Å². The first-order valence-electron chi connectivity index (χ1n) is 6.31. The second kappa shape index (κ2) is 6.69. The number of rotatable bonds is 5. The molecule has 0 heterocycles. The normalized spacial score (nSPS) is 12.0. The van der Waals surface area contributed by atoms with Crippen LogP contribution in [0.2, 0.25) is 0 Å². The van der Waals surface area contributed by atoms with Crippen molar-refractivity contribution >= 4 is 21.6 Å². The maximum Gasteiger partial charge on any atom is 0.276 e. The molecule has 0 saturated carbocycles. The summed E-state index contributed by atoms with van der Waals surface area (Å²) < 4.78 is 6.48. The number of aliphatic hydroxyl groups excluding tert-OH is 1. The molecule has 0 amide bonds. The molecule has 0 bridgehead atoms. The molecule has 2 rings (SSSR count). The van der Waals surface area contributed by atoms with Gasteiger partial charge in [0.1, 0.15) is 12.4 Å². The molecule has 0 radical (unpaired) electrons. The Labute approximate surface area is 130 Å². The number of hydrogen-bond donors (Lipinski definition) is 1. The van der Waals surface area contributed by atoms with Crippen molar-refractivity contribution in [2.75, 3.05) is 0 Å². The second-order valence-electron chi connectivity index (χ2n) is 4.53. The van der Waals surface area contributed by atoms with Crippen LogP contribution in [0, 0.1) is 10.1 Å². The van der Waals surface area contributed by atoms with Crippen LogP contribution < -0.4 is 4.74 Å². The molecule has 1 N–H and O–H groups in total. The van der Waals surface area contributed by atoms with Crippen molar-refractivity contribution in [1.29, 1.82) is 0 Å². The van der Waals surface area contributed by atoms with Crippen LogP contribution in [0.4, 0.5) is 5.69 Å². The Hall–Kier alpha value is -1.92. The highest BCUT2D eigenvalue weighted by molar-refractivity contribution is 9.10. The number of hydrogen-bond acceptors (Lipinski definition) is 4. The van der Waals surface area contributed by atoms with Crippen molar-refractivity contribution in [3.05, 3.63) is 68.2 Å². The third-order valence-corrected chi connectivity index (χ3v) is 3.49. The fraction of sp³-hybridized carbons (Fsp3) is 0.200. The van der Waals surface area contributed by atoms with Gasteiger partial charge < -0.3 is 9.84 Å². The number of nitro groups is 1. The molecular weight excluding hydrogens is 338 g/mol. The predicted molar refractivity (Wildman–Crippen MR) is 82.2 cm³/mol. The average molecular weight is 352 g/mol. The van der Waals surface area contributed by atoms with E-state index in [1.807, 2.05) is 0 Å². The van der Waals surface area contributed by atoms with E-state index in [0.29, 0.717) is 16.9 Å². The van der Waals surface area contributed by atoms with Gasteiger partial charge in [0.2, 0.25) is 0 Å². The SMILES string of the molecule is CC(O)c1cc(Br)ccc1OCc1ccccc1[N+](=O)[O-]. The molecule has 0 spiro atoms. The Morgan fingerprint density at radius 1 is 1.33 bits per heavy atom. The lowest BCUT2D eigenvalue weighted by atomic mass is 10.1. The Balaban J connectivity index is 2.23. The third kappa shape index (κ3) is 3.80. The molecule has 0 saturated heterocycles. The molecule has 1 unspecified atom stereocenters. The van der Waals surface area contributed by atoms with Crippen LogP contribution in [0.3, 0.4) is 0 Å². The van der Waals surface area contributed by atoms with E-state index in [2.05, 4.69) is 15.9 Å². The highest BCUT2D eigenvalue weighted by Crippen LogP contribution is 2.30. The van der Waals surface area contributed by atoms with E-state index in [9.17, 15) is 15.2 Å². The van der Waals surface area contributed by atoms with Crippen molar-refractivity contribution in [1.82, 2.24) is 0 Å². The minimum Gasteiger partial charge on any atom is -0.488 e. The molecule has 0 aromatic heterocycles. The van der Waals surface area contributed by atoms with Crippen LogP contribution in [-0.2, 0) is 6.61 Å². The average Bonchev–Trinajstić information content (AvgIpc) is 2.46. The smallest absolute Gasteiger partial charge is 0.276 e. The molecule has 21 heavy (non-hydrogen) atoms. The summed E-state index contributed by atoms with van der Waals surface area (Å²) in [6, 6.07) is 11.7. The summed E-state index contributed by atoms with van der Waals surface area (Å²) in [7, 11) is 0. The molecule has 1 atom stereocenters. The lowest BCUT2D eigenvalue weighted by molar-refractivity contribution is -0.385. The van der Waals surface area contributed by atoms with Gasteiger partial charge >= 0.3 is 0 Å². The Kier molecular flexibility index (Phi) is 4.93. The van der Waals surface area contributed by atoms with E-state index in [0.717, 1.165) is 4.47 Å². The molecule has 6 heteroatoms. The van der Waals surface area contributed by atoms with Gasteiger partial charge in [-0.3, -0.25) is 10.1 Å². The summed E-state index contributed by atoms with van der Waals surface area (Å²) >= 11 is 3.34. The molecular formula is C15H14BrNO4. The lowest BCUT2D eigenvalue weighted by Crippen LogP contribution is -2.03. The number of nitrogens with zero attached hydrogens (tertiary/aromatic N) is 1. The van der Waals surface area contributed by atoms with Crippen LogP contribution >= 0.6 is 15.9 Å². The topological polar surface area (TPSA) is 72.6 Å². The summed E-state index contributed by atoms with van der Waals surface area (Å²) in [4.78, 5) is 10.5. The van der Waals surface area contributed by atoms with Crippen molar-refractivity contribution < 1.29 is 14.8 Å². The lowest BCUT2D eigenvalue weighted by Gasteiger charge is -2.14. The monoisotopic (exact) mass is 351 g/mol. The second-order valence-corrected chi connectivity index (χ2v) is 5.45. The summed E-state index contributed by atoms with van der Waals surface area (Å²) in [5.41, 5.74) is 1.14. The minimum atomic E-state index is -0.691. The van der Waals surface area contributed by atoms with Gasteiger partial charge in [0.05, 0.1) is 16.6 Å². The van der Waals surface area contributed by atoms with E-state index in [1.165, 1.54) is 6.07 Å². The summed E-state index contributed by atoms with van der Waals surface area (Å²) in [6.07, 6.45) is -0.691. The maximum atomic E-state index is 11.0. The van der Waals surface area contributed by atoms with Crippen molar-refractivity contribution in [2.24, 2.45) is 0 Å². The maximum absolute atomic E-state index is 11.0. The van der Waals surface area contributed by atoms with Crippen molar-refractivity contribution in [3.8, 4) is 5.75 Å². The largest absolute Gasteiger partial charge is 0.488 e. The molecule has 0 aliphatic heterocycles. The van der Waals surface area contributed by atoms with Crippen LogP contribution in [0.1, 0.15) is 24.2 Å². The van der Waals surface area contributed by atoms with Crippen molar-refractivity contribution in [2.45, 2.75) is 19.6 Å². The molecule has 5 nitrogen and oxygen atoms in total. The van der Waals surface area contributed by atoms with Crippen LogP contribution in [0.5, 0.6) is 5.75 Å². The van der Waals surface area contributed by atoms with E-state index in [1.54, 1.807) is 43.3 Å². The van der Waals surface area contributed by atoms with Crippen LogP contribution in [-0.4, -0.2) is 10.0 Å². The van der Waals surface area contributed by atoms with Gasteiger partial charge in [0, 0.05) is 16.1 Å². The van der Waals surface area contributed by atoms with Gasteiger partial charge in [0.15, 0.2) is 0 Å². The van der Waals surface area contributed by atoms with Gasteiger partial charge in [-0.1, -0.05) is 28.1 Å². The number of halogens is 1. The molecule has 2 aromatic rings. The zero-order valence-electron chi connectivity index (χ0n) is 11.3. The first kappa shape index (κ1) is 15.5. The van der Waals surface area contributed by atoms with Crippen LogP contribution in [0.25, 0.3) is 0 Å². The zero-order chi connectivity index (χ0) is 15.4. The van der Waals surface area contributed by atoms with Gasteiger partial charge in [-0.25, -0.2) is 0 Å². The van der Waals surface area contributed by atoms with E-state index in [-0.39, 0.29) is 12.3 Å². The quantitative estimate of drug-likeness (QED) is 0.652. The first-order valence-corrected chi connectivity index (χ1v) is 7.11. The number of aliphatic hydroxyl groups is 1. The van der Waals surface area contributed by atoms with Crippen LogP contribution in [0.15, 0.2) is 46.9 Å². The van der Waals surface area contributed by atoms with E-state index >= 15 is 0 Å². The predicted octanol–water partition coefficient (Wildman–Crippen LogP) is 3.99. The standard InChI is InChI=1S/C15H14BrNO4/c1-10(18)13-8-12(16)6-7-15(13)21-9-11-4-2-3-5-14(11)17(19)20/h2-8,10,18H,9H2,1H3. The fourth-order valence-corrected chi connectivity index (χ4v) is 2.32. The van der Waals surface area contributed by atoms with E-state index < -0.39 is 11.0 Å². The highest BCUT2D eigenvalue weighted by Gasteiger charge is 2.15. The summed E-state index contributed by atoms with van der Waals surface area (Å²) in [6.45, 7) is 1.71. The molecule has 0 aliphatic carbocycles. The molecule has 110 valence electrons. The Morgan fingerprint density at radius 2 is 2.05 bits per heavy atom. The van der Waals surface area contributed by atoms with Crippen molar-refractivity contribution in [3.63, 3.8) is 0 Å². The third-order valence-electron chi connectivity index (χ3n) is 2.99. The van der Waals surface area contributed by atoms with E-state index in [4.69, 9.17) is 4.74 Å². The van der Waals surface area contributed by atoms with Gasteiger partial charge in [0.25, 0.3) is 5.69 Å². The first-order chi connectivity index (χ1) is 9.99.